The highest BCUT2D eigenvalue weighted by molar-refractivity contribution is 9.09. The van der Waals surface area contributed by atoms with Gasteiger partial charge in [0.2, 0.25) is 0 Å². The van der Waals surface area contributed by atoms with Crippen LogP contribution in [0.1, 0.15) is 12.8 Å². The van der Waals surface area contributed by atoms with E-state index in [1.54, 1.807) is 0 Å². The molecule has 0 N–H and O–H groups in total. The molecule has 0 heterocycles. The van der Waals surface area contributed by atoms with Gasteiger partial charge in [-0.05, 0) is 24.3 Å². The number of hydrogen-bond donors (Lipinski definition) is 0. The molecule has 1 fully saturated rings. The summed E-state index contributed by atoms with van der Waals surface area (Å²) in [5.74, 6) is 1.01. The standard InChI is InChI=1S/C15H15BrO/c16-10-15(8-9-15)11-17-14-7-3-5-12-4-1-2-6-13(12)14/h1-7H,8-11H2. The van der Waals surface area contributed by atoms with E-state index in [0.717, 1.165) is 17.7 Å². The number of halogens is 1. The van der Waals surface area contributed by atoms with E-state index in [2.05, 4.69) is 58.4 Å². The topological polar surface area (TPSA) is 9.23 Å². The van der Waals surface area contributed by atoms with Crippen molar-refractivity contribution in [1.82, 2.24) is 0 Å². The molecule has 2 heteroatoms. The van der Waals surface area contributed by atoms with Gasteiger partial charge in [-0.2, -0.15) is 0 Å². The first-order chi connectivity index (χ1) is 8.33. The van der Waals surface area contributed by atoms with E-state index in [4.69, 9.17) is 4.74 Å². The summed E-state index contributed by atoms with van der Waals surface area (Å²) in [4.78, 5) is 0. The molecule has 2 aromatic rings. The summed E-state index contributed by atoms with van der Waals surface area (Å²) in [6, 6.07) is 14.6. The van der Waals surface area contributed by atoms with Crippen LogP contribution in [-0.4, -0.2) is 11.9 Å². The van der Waals surface area contributed by atoms with Crippen molar-refractivity contribution in [2.24, 2.45) is 5.41 Å². The zero-order chi connectivity index (χ0) is 11.7. The quantitative estimate of drug-likeness (QED) is 0.759. The molecular formula is C15H15BrO. The van der Waals surface area contributed by atoms with Crippen LogP contribution in [0.3, 0.4) is 0 Å². The molecule has 17 heavy (non-hydrogen) atoms. The summed E-state index contributed by atoms with van der Waals surface area (Å²) < 4.78 is 6.01. The van der Waals surface area contributed by atoms with Crippen molar-refractivity contribution in [3.8, 4) is 5.75 Å². The Morgan fingerprint density at radius 2 is 1.82 bits per heavy atom. The second kappa shape index (κ2) is 4.34. The smallest absolute Gasteiger partial charge is 0.127 e. The van der Waals surface area contributed by atoms with E-state index in [1.807, 2.05) is 0 Å². The molecule has 1 aliphatic carbocycles. The van der Waals surface area contributed by atoms with Gasteiger partial charge in [0, 0.05) is 16.1 Å². The molecule has 0 unspecified atom stereocenters. The Balaban J connectivity index is 1.85. The summed E-state index contributed by atoms with van der Waals surface area (Å²) in [6.45, 7) is 0.826. The fourth-order valence-corrected chi connectivity index (χ4v) is 2.77. The molecule has 0 spiro atoms. The highest BCUT2D eigenvalue weighted by Gasteiger charge is 2.42. The molecule has 0 saturated heterocycles. The molecular weight excluding hydrogens is 276 g/mol. The Bertz CT molecular complexity index is 526. The molecule has 0 bridgehead atoms. The van der Waals surface area contributed by atoms with E-state index in [1.165, 1.54) is 23.6 Å². The van der Waals surface area contributed by atoms with E-state index >= 15 is 0 Å². The van der Waals surface area contributed by atoms with Gasteiger partial charge >= 0.3 is 0 Å². The first kappa shape index (κ1) is 11.1. The lowest BCUT2D eigenvalue weighted by atomic mass is 10.1. The van der Waals surface area contributed by atoms with E-state index in [9.17, 15) is 0 Å². The van der Waals surface area contributed by atoms with Crippen molar-refractivity contribution in [3.05, 3.63) is 42.5 Å². The summed E-state index contributed by atoms with van der Waals surface area (Å²) in [5, 5.41) is 3.50. The highest BCUT2D eigenvalue weighted by Crippen LogP contribution is 2.47. The van der Waals surface area contributed by atoms with E-state index in [0.29, 0.717) is 5.41 Å². The van der Waals surface area contributed by atoms with Gasteiger partial charge in [0.05, 0.1) is 6.61 Å². The zero-order valence-electron chi connectivity index (χ0n) is 9.66. The van der Waals surface area contributed by atoms with Crippen LogP contribution in [0, 0.1) is 5.41 Å². The number of hydrogen-bond acceptors (Lipinski definition) is 1. The summed E-state index contributed by atoms with van der Waals surface area (Å²) in [5.41, 5.74) is 0.400. The Morgan fingerprint density at radius 1 is 1.06 bits per heavy atom. The van der Waals surface area contributed by atoms with E-state index in [-0.39, 0.29) is 0 Å². The van der Waals surface area contributed by atoms with E-state index < -0.39 is 0 Å². The fourth-order valence-electron chi connectivity index (χ4n) is 2.05. The molecule has 0 aliphatic heterocycles. The lowest BCUT2D eigenvalue weighted by Gasteiger charge is -2.14. The average molecular weight is 291 g/mol. The molecule has 1 nitrogen and oxygen atoms in total. The van der Waals surface area contributed by atoms with Crippen LogP contribution < -0.4 is 4.74 Å². The molecule has 0 aromatic heterocycles. The predicted molar refractivity (Wildman–Crippen MR) is 74.9 cm³/mol. The van der Waals surface area contributed by atoms with Gasteiger partial charge in [0.15, 0.2) is 0 Å². The van der Waals surface area contributed by atoms with Gasteiger partial charge in [-0.25, -0.2) is 0 Å². The first-order valence-corrected chi connectivity index (χ1v) is 7.12. The van der Waals surface area contributed by atoms with Crippen molar-refractivity contribution in [3.63, 3.8) is 0 Å². The van der Waals surface area contributed by atoms with Crippen LogP contribution >= 0.6 is 15.9 Å². The maximum absolute atomic E-state index is 6.01. The Morgan fingerprint density at radius 3 is 2.59 bits per heavy atom. The fraction of sp³-hybridized carbons (Fsp3) is 0.333. The number of fused-ring (bicyclic) bond motifs is 1. The van der Waals surface area contributed by atoms with Crippen LogP contribution in [0.5, 0.6) is 5.75 Å². The minimum absolute atomic E-state index is 0.400. The SMILES string of the molecule is BrCC1(COc2cccc3ccccc23)CC1. The third kappa shape index (κ3) is 2.19. The minimum atomic E-state index is 0.400. The summed E-state index contributed by atoms with van der Waals surface area (Å²) >= 11 is 3.58. The first-order valence-electron chi connectivity index (χ1n) is 6.00. The average Bonchev–Trinajstić information content (AvgIpc) is 3.17. The maximum Gasteiger partial charge on any atom is 0.127 e. The van der Waals surface area contributed by atoms with Gasteiger partial charge in [-0.15, -0.1) is 0 Å². The lowest BCUT2D eigenvalue weighted by Crippen LogP contribution is -2.14. The summed E-state index contributed by atoms with van der Waals surface area (Å²) in [7, 11) is 0. The summed E-state index contributed by atoms with van der Waals surface area (Å²) in [6.07, 6.45) is 2.56. The molecule has 2 aromatic carbocycles. The molecule has 1 aliphatic rings. The van der Waals surface area contributed by atoms with Crippen LogP contribution in [-0.2, 0) is 0 Å². The van der Waals surface area contributed by atoms with Crippen LogP contribution in [0.25, 0.3) is 10.8 Å². The second-order valence-corrected chi connectivity index (χ2v) is 5.46. The largest absolute Gasteiger partial charge is 0.492 e. The van der Waals surface area contributed by atoms with Gasteiger partial charge in [-0.1, -0.05) is 52.3 Å². The molecule has 0 radical (unpaired) electrons. The lowest BCUT2D eigenvalue weighted by molar-refractivity contribution is 0.254. The normalized spacial score (nSPS) is 17.0. The van der Waals surface area contributed by atoms with Crippen LogP contribution in [0.15, 0.2) is 42.5 Å². The third-order valence-corrected chi connectivity index (χ3v) is 4.71. The van der Waals surface area contributed by atoms with Gasteiger partial charge in [0.1, 0.15) is 5.75 Å². The van der Waals surface area contributed by atoms with Gasteiger partial charge < -0.3 is 4.74 Å². The van der Waals surface area contributed by atoms with Crippen molar-refractivity contribution in [2.45, 2.75) is 12.8 Å². The highest BCUT2D eigenvalue weighted by atomic mass is 79.9. The van der Waals surface area contributed by atoms with Gasteiger partial charge in [-0.3, -0.25) is 0 Å². The maximum atomic E-state index is 6.01. The Kier molecular flexibility index (Phi) is 2.83. The molecule has 1 saturated carbocycles. The number of ether oxygens (including phenoxy) is 1. The molecule has 88 valence electrons. The minimum Gasteiger partial charge on any atom is -0.492 e. The van der Waals surface area contributed by atoms with Crippen molar-refractivity contribution in [2.75, 3.05) is 11.9 Å². The monoisotopic (exact) mass is 290 g/mol. The number of rotatable bonds is 4. The molecule has 3 rings (SSSR count). The van der Waals surface area contributed by atoms with Crippen molar-refractivity contribution in [1.29, 1.82) is 0 Å². The van der Waals surface area contributed by atoms with Crippen LogP contribution in [0.4, 0.5) is 0 Å². The Hall–Kier alpha value is -1.02. The predicted octanol–water partition coefficient (Wildman–Crippen LogP) is 4.39. The van der Waals surface area contributed by atoms with Gasteiger partial charge in [0.25, 0.3) is 0 Å². The third-order valence-electron chi connectivity index (χ3n) is 3.52. The zero-order valence-corrected chi connectivity index (χ0v) is 11.2. The van der Waals surface area contributed by atoms with Crippen molar-refractivity contribution >= 4 is 26.7 Å². The van der Waals surface area contributed by atoms with Crippen LogP contribution in [0.2, 0.25) is 0 Å². The number of benzene rings is 2. The molecule has 0 amide bonds. The Labute approximate surface area is 110 Å². The molecule has 0 atom stereocenters. The van der Waals surface area contributed by atoms with Crippen molar-refractivity contribution < 1.29 is 4.74 Å². The second-order valence-electron chi connectivity index (χ2n) is 4.90. The number of alkyl halides is 1.